The summed E-state index contributed by atoms with van der Waals surface area (Å²) < 4.78 is 17.3. The molecule has 9 heteroatoms. The Hall–Kier alpha value is -3.43. The SMILES string of the molecule is NC(=O)c1c(O[C@@H]2CO[C@H]3[C@@H]2OC[C@H]3O)[nH]c2cc(Cl)c(-c3ccc(-c4ccccc4)cc3)nc12. The van der Waals surface area contributed by atoms with Gasteiger partial charge in [-0.2, -0.15) is 0 Å². The first-order chi connectivity index (χ1) is 17.0. The molecule has 0 saturated carbocycles. The molecule has 2 aliphatic heterocycles. The number of ether oxygens (including phenoxy) is 3. The lowest BCUT2D eigenvalue weighted by Gasteiger charge is -2.17. The highest BCUT2D eigenvalue weighted by Gasteiger charge is 2.48. The number of hydrogen-bond donors (Lipinski definition) is 3. The predicted octanol–water partition coefficient (Wildman–Crippen LogP) is 3.56. The fourth-order valence-corrected chi connectivity index (χ4v) is 4.99. The van der Waals surface area contributed by atoms with E-state index in [1.54, 1.807) is 6.07 Å². The van der Waals surface area contributed by atoms with E-state index in [9.17, 15) is 9.90 Å². The molecule has 0 radical (unpaired) electrons. The Labute approximate surface area is 205 Å². The molecule has 6 rings (SSSR count). The van der Waals surface area contributed by atoms with Crippen LogP contribution in [0.2, 0.25) is 5.02 Å². The first-order valence-electron chi connectivity index (χ1n) is 11.3. The van der Waals surface area contributed by atoms with E-state index in [1.165, 1.54) is 0 Å². The summed E-state index contributed by atoms with van der Waals surface area (Å²) >= 11 is 6.59. The summed E-state index contributed by atoms with van der Waals surface area (Å²) in [5.74, 6) is -0.513. The molecule has 4 heterocycles. The number of primary amides is 1. The predicted molar refractivity (Wildman–Crippen MR) is 130 cm³/mol. The number of nitrogens with two attached hydrogens (primary N) is 1. The standard InChI is InChI=1S/C26H22ClN3O5/c27-16-10-17-22(30-21(16)15-8-6-14(7-9-15)13-4-2-1-3-5-13)20(25(28)32)26(29-17)35-19-12-34-23-18(31)11-33-24(19)23/h1-10,18-19,23-24,29,31H,11-12H2,(H2,28,32)/t18-,19-,23-,24-/m1/s1. The summed E-state index contributed by atoms with van der Waals surface area (Å²) in [7, 11) is 0. The number of pyridine rings is 1. The van der Waals surface area contributed by atoms with E-state index in [4.69, 9.17) is 36.5 Å². The molecule has 178 valence electrons. The van der Waals surface area contributed by atoms with E-state index < -0.39 is 30.3 Å². The molecule has 2 saturated heterocycles. The van der Waals surface area contributed by atoms with Gasteiger partial charge in [0, 0.05) is 5.56 Å². The van der Waals surface area contributed by atoms with Crippen LogP contribution in [0.3, 0.4) is 0 Å². The van der Waals surface area contributed by atoms with Crippen molar-refractivity contribution in [1.29, 1.82) is 0 Å². The van der Waals surface area contributed by atoms with Crippen molar-refractivity contribution in [1.82, 2.24) is 9.97 Å². The lowest BCUT2D eigenvalue weighted by atomic mass is 10.0. The number of aliphatic hydroxyl groups is 1. The summed E-state index contributed by atoms with van der Waals surface area (Å²) in [6.45, 7) is 0.390. The third-order valence-electron chi connectivity index (χ3n) is 6.45. The van der Waals surface area contributed by atoms with Crippen molar-refractivity contribution in [3.63, 3.8) is 0 Å². The van der Waals surface area contributed by atoms with Gasteiger partial charge in [-0.25, -0.2) is 4.98 Å². The zero-order valence-corrected chi connectivity index (χ0v) is 19.2. The largest absolute Gasteiger partial charge is 0.470 e. The van der Waals surface area contributed by atoms with Gasteiger partial charge in [0.05, 0.1) is 29.4 Å². The number of amides is 1. The molecule has 4 N–H and O–H groups in total. The average molecular weight is 492 g/mol. The number of fused-ring (bicyclic) bond motifs is 2. The Morgan fingerprint density at radius 1 is 1.03 bits per heavy atom. The number of halogens is 1. The van der Waals surface area contributed by atoms with Crippen LogP contribution >= 0.6 is 11.6 Å². The maximum absolute atomic E-state index is 12.4. The molecular formula is C26H22ClN3O5. The van der Waals surface area contributed by atoms with Gasteiger partial charge >= 0.3 is 0 Å². The monoisotopic (exact) mass is 491 g/mol. The summed E-state index contributed by atoms with van der Waals surface area (Å²) in [6, 6.07) is 19.6. The second-order valence-corrected chi connectivity index (χ2v) is 9.08. The molecule has 2 aromatic carbocycles. The van der Waals surface area contributed by atoms with E-state index in [0.29, 0.717) is 21.7 Å². The van der Waals surface area contributed by atoms with Crippen LogP contribution in [0, 0.1) is 0 Å². The zero-order chi connectivity index (χ0) is 24.1. The molecule has 2 aromatic heterocycles. The van der Waals surface area contributed by atoms with Gasteiger partial charge in [0.2, 0.25) is 5.88 Å². The Kier molecular flexibility index (Phi) is 5.46. The van der Waals surface area contributed by atoms with Crippen molar-refractivity contribution >= 4 is 28.5 Å². The van der Waals surface area contributed by atoms with E-state index in [-0.39, 0.29) is 24.7 Å². The minimum atomic E-state index is -0.705. The topological polar surface area (TPSA) is 120 Å². The van der Waals surface area contributed by atoms with Crippen molar-refractivity contribution in [2.75, 3.05) is 13.2 Å². The minimum absolute atomic E-state index is 0.126. The molecule has 1 amide bonds. The smallest absolute Gasteiger partial charge is 0.256 e. The molecule has 0 aliphatic carbocycles. The molecule has 35 heavy (non-hydrogen) atoms. The number of aromatic nitrogens is 2. The van der Waals surface area contributed by atoms with E-state index in [0.717, 1.165) is 16.7 Å². The van der Waals surface area contributed by atoms with Crippen LogP contribution in [-0.2, 0) is 9.47 Å². The van der Waals surface area contributed by atoms with Crippen molar-refractivity contribution in [2.24, 2.45) is 5.73 Å². The molecule has 0 bridgehead atoms. The van der Waals surface area contributed by atoms with Gasteiger partial charge in [-0.05, 0) is 17.2 Å². The molecule has 2 aliphatic rings. The third-order valence-corrected chi connectivity index (χ3v) is 6.74. The first-order valence-corrected chi connectivity index (χ1v) is 11.6. The molecule has 8 nitrogen and oxygen atoms in total. The van der Waals surface area contributed by atoms with Crippen LogP contribution in [-0.4, -0.2) is 58.6 Å². The summed E-state index contributed by atoms with van der Waals surface area (Å²) in [5.41, 5.74) is 10.2. The summed E-state index contributed by atoms with van der Waals surface area (Å²) in [5, 5.41) is 10.4. The lowest BCUT2D eigenvalue weighted by molar-refractivity contribution is 0.00780. The second-order valence-electron chi connectivity index (χ2n) is 8.67. The Balaban J connectivity index is 1.36. The van der Waals surface area contributed by atoms with Gasteiger partial charge in [-0.3, -0.25) is 4.79 Å². The maximum Gasteiger partial charge on any atom is 0.256 e. The fourth-order valence-electron chi connectivity index (χ4n) is 4.73. The Morgan fingerprint density at radius 2 is 1.71 bits per heavy atom. The second kappa shape index (κ2) is 8.66. The average Bonchev–Trinajstić information content (AvgIpc) is 3.54. The van der Waals surface area contributed by atoms with E-state index >= 15 is 0 Å². The van der Waals surface area contributed by atoms with E-state index in [1.807, 2.05) is 54.6 Å². The van der Waals surface area contributed by atoms with Crippen molar-refractivity contribution in [3.05, 3.63) is 71.2 Å². The van der Waals surface area contributed by atoms with E-state index in [2.05, 4.69) is 4.98 Å². The van der Waals surface area contributed by atoms with Crippen LogP contribution in [0.5, 0.6) is 5.88 Å². The number of nitrogens with zero attached hydrogens (tertiary/aromatic N) is 1. The first kappa shape index (κ1) is 22.1. The molecule has 0 spiro atoms. The van der Waals surface area contributed by atoms with Gasteiger partial charge in [0.1, 0.15) is 29.4 Å². The number of hydrogen-bond acceptors (Lipinski definition) is 6. The fraction of sp³-hybridized carbons (Fsp3) is 0.231. The van der Waals surface area contributed by atoms with Gasteiger partial charge in [-0.1, -0.05) is 66.2 Å². The summed E-state index contributed by atoms with van der Waals surface area (Å²) in [6.07, 6.45) is -2.11. The number of carbonyl (C=O) groups is 1. The highest BCUT2D eigenvalue weighted by Crippen LogP contribution is 2.36. The third kappa shape index (κ3) is 3.84. The van der Waals surface area contributed by atoms with Crippen LogP contribution in [0.1, 0.15) is 10.4 Å². The molecular weight excluding hydrogens is 470 g/mol. The van der Waals surface area contributed by atoms with Gasteiger partial charge in [-0.15, -0.1) is 0 Å². The highest BCUT2D eigenvalue weighted by molar-refractivity contribution is 6.33. The zero-order valence-electron chi connectivity index (χ0n) is 18.5. The van der Waals surface area contributed by atoms with Crippen LogP contribution < -0.4 is 10.5 Å². The molecule has 0 unspecified atom stereocenters. The highest BCUT2D eigenvalue weighted by atomic mass is 35.5. The number of benzene rings is 2. The lowest BCUT2D eigenvalue weighted by Crippen LogP contribution is -2.35. The minimum Gasteiger partial charge on any atom is -0.470 e. The number of aliphatic hydroxyl groups excluding tert-OH is 1. The Morgan fingerprint density at radius 3 is 2.46 bits per heavy atom. The quantitative estimate of drug-likeness (QED) is 0.392. The number of rotatable bonds is 5. The van der Waals surface area contributed by atoms with Gasteiger partial charge in [0.25, 0.3) is 5.91 Å². The molecule has 2 fully saturated rings. The van der Waals surface area contributed by atoms with Crippen molar-refractivity contribution in [3.8, 4) is 28.3 Å². The summed E-state index contributed by atoms with van der Waals surface area (Å²) in [4.78, 5) is 20.2. The normalized spacial score (nSPS) is 23.5. The Bertz CT molecular complexity index is 1410. The van der Waals surface area contributed by atoms with Crippen LogP contribution in [0.25, 0.3) is 33.4 Å². The number of H-pyrrole nitrogens is 1. The van der Waals surface area contributed by atoms with Crippen LogP contribution in [0.15, 0.2) is 60.7 Å². The number of nitrogens with one attached hydrogen (secondary N) is 1. The maximum atomic E-state index is 12.4. The molecule has 4 aromatic rings. The van der Waals surface area contributed by atoms with Crippen molar-refractivity contribution in [2.45, 2.75) is 24.4 Å². The van der Waals surface area contributed by atoms with Crippen LogP contribution in [0.4, 0.5) is 0 Å². The number of aromatic amines is 1. The van der Waals surface area contributed by atoms with Gasteiger partial charge in [0.15, 0.2) is 6.10 Å². The van der Waals surface area contributed by atoms with Crippen molar-refractivity contribution < 1.29 is 24.1 Å². The van der Waals surface area contributed by atoms with Gasteiger partial charge < -0.3 is 30.0 Å². The number of carbonyl (C=O) groups excluding carboxylic acids is 1. The molecule has 4 atom stereocenters.